The Hall–Kier alpha value is -3.66. The van der Waals surface area contributed by atoms with Crippen molar-refractivity contribution in [2.24, 2.45) is 11.8 Å². The minimum Gasteiger partial charge on any atom is -0.494 e. The minimum absolute atomic E-state index is 0.210. The Balaban J connectivity index is 1.49. The molecule has 10 heteroatoms. The molecule has 1 unspecified atom stereocenters. The Labute approximate surface area is 269 Å². The van der Waals surface area contributed by atoms with Gasteiger partial charge in [-0.15, -0.1) is 0 Å². The van der Waals surface area contributed by atoms with Crippen molar-refractivity contribution in [1.29, 1.82) is 0 Å². The fourth-order valence-electron chi connectivity index (χ4n) is 7.79. The van der Waals surface area contributed by atoms with Gasteiger partial charge in [0, 0.05) is 18.8 Å². The van der Waals surface area contributed by atoms with Crippen molar-refractivity contribution in [3.63, 3.8) is 0 Å². The van der Waals surface area contributed by atoms with Crippen LogP contribution in [0.5, 0.6) is 5.75 Å². The lowest BCUT2D eigenvalue weighted by Gasteiger charge is -2.40. The third kappa shape index (κ3) is 4.70. The number of nitrogens with zero attached hydrogens (tertiary/aromatic N) is 3. The molecule has 4 heterocycles. The lowest BCUT2D eigenvalue weighted by atomic mass is 9.73. The van der Waals surface area contributed by atoms with Crippen molar-refractivity contribution in [3.05, 3.63) is 77.4 Å². The van der Waals surface area contributed by atoms with Crippen LogP contribution in [-0.2, 0) is 19.1 Å². The number of ether oxygens (including phenoxy) is 2. The number of carbonyl (C=O) groups is 3. The first-order chi connectivity index (χ1) is 21.7. The van der Waals surface area contributed by atoms with Crippen molar-refractivity contribution in [2.45, 2.75) is 63.8 Å². The third-order valence-electron chi connectivity index (χ3n) is 9.87. The Morgan fingerprint density at radius 2 is 1.67 bits per heavy atom. The molecular formula is C35H40ClN3O6. The van der Waals surface area contributed by atoms with Crippen molar-refractivity contribution in [2.75, 3.05) is 36.1 Å². The molecule has 2 fully saturated rings. The van der Waals surface area contributed by atoms with E-state index in [-0.39, 0.29) is 30.9 Å². The number of rotatable bonds is 8. The van der Waals surface area contributed by atoms with Crippen LogP contribution in [0.2, 0.25) is 5.02 Å². The Bertz CT molecular complexity index is 1530. The van der Waals surface area contributed by atoms with Crippen molar-refractivity contribution in [1.82, 2.24) is 4.90 Å². The predicted octanol–water partition coefficient (Wildman–Crippen LogP) is 4.68. The molecule has 2 aromatic rings. The van der Waals surface area contributed by atoms with Gasteiger partial charge in [-0.05, 0) is 62.6 Å². The van der Waals surface area contributed by atoms with E-state index < -0.39 is 35.1 Å². The summed E-state index contributed by atoms with van der Waals surface area (Å²) in [6.07, 6.45) is 8.33. The van der Waals surface area contributed by atoms with Gasteiger partial charge in [-0.2, -0.15) is 0 Å². The molecule has 238 valence electrons. The van der Waals surface area contributed by atoms with Crippen LogP contribution in [0.1, 0.15) is 39.2 Å². The average Bonchev–Trinajstić information content (AvgIpc) is 3.32. The molecule has 4 aliphatic rings. The van der Waals surface area contributed by atoms with Gasteiger partial charge >= 0.3 is 0 Å². The number of aliphatic hydroxyl groups is 1. The number of halogens is 1. The average molecular weight is 634 g/mol. The Kier molecular flexibility index (Phi) is 8.31. The van der Waals surface area contributed by atoms with Crippen LogP contribution in [-0.4, -0.2) is 77.3 Å². The third-order valence-corrected chi connectivity index (χ3v) is 10.2. The number of fused-ring (bicyclic) bond motifs is 2. The summed E-state index contributed by atoms with van der Waals surface area (Å²) < 4.78 is 12.7. The lowest BCUT2D eigenvalue weighted by molar-refractivity contribution is -0.149. The van der Waals surface area contributed by atoms with Crippen LogP contribution < -0.4 is 14.5 Å². The number of aliphatic hydroxyl groups excluding tert-OH is 1. The number of hydrogen-bond donors (Lipinski definition) is 1. The van der Waals surface area contributed by atoms with Gasteiger partial charge in [0.2, 0.25) is 11.8 Å². The highest BCUT2D eigenvalue weighted by Crippen LogP contribution is 2.59. The van der Waals surface area contributed by atoms with Crippen LogP contribution >= 0.6 is 11.6 Å². The maximum Gasteiger partial charge on any atom is 0.253 e. The molecule has 0 aromatic heterocycles. The second kappa shape index (κ2) is 11.9. The number of aryl methyl sites for hydroxylation is 1. The highest BCUT2D eigenvalue weighted by molar-refractivity contribution is 6.34. The number of para-hydroxylation sites is 1. The largest absolute Gasteiger partial charge is 0.494 e. The normalized spacial score (nSPS) is 29.8. The second-order valence-corrected chi connectivity index (χ2v) is 12.6. The molecule has 0 saturated carbocycles. The SMILES string of the molecule is CCOc1ccc(N2CC=C[C@@]3(CC)O[C@]45C=CCN(c6c(C)cccc6Cl)C(=O)C4N([C@@H](CC)CO)C(=O)[C@@H]5[C@H]3C2=O)cc1. The minimum atomic E-state index is -1.44. The zero-order valence-electron chi connectivity index (χ0n) is 26.1. The van der Waals surface area contributed by atoms with Crippen molar-refractivity contribution in [3.8, 4) is 5.75 Å². The number of likely N-dealkylation sites (tertiary alicyclic amines) is 1. The monoisotopic (exact) mass is 633 g/mol. The van der Waals surface area contributed by atoms with Gasteiger partial charge in [-0.25, -0.2) is 0 Å². The number of carbonyl (C=O) groups excluding carboxylic acids is 3. The van der Waals surface area contributed by atoms with Gasteiger partial charge in [0.15, 0.2) is 0 Å². The van der Waals surface area contributed by atoms with Crippen LogP contribution in [0.15, 0.2) is 66.8 Å². The molecular weight excluding hydrogens is 594 g/mol. The molecule has 1 N–H and O–H groups in total. The van der Waals surface area contributed by atoms with Gasteiger partial charge in [0.25, 0.3) is 5.91 Å². The molecule has 4 aliphatic heterocycles. The highest BCUT2D eigenvalue weighted by atomic mass is 35.5. The number of amides is 3. The summed E-state index contributed by atoms with van der Waals surface area (Å²) in [5.41, 5.74) is -0.511. The summed E-state index contributed by atoms with van der Waals surface area (Å²) in [4.78, 5) is 49.1. The summed E-state index contributed by atoms with van der Waals surface area (Å²) in [5.74, 6) is -2.17. The van der Waals surface area contributed by atoms with Gasteiger partial charge in [-0.3, -0.25) is 14.4 Å². The van der Waals surface area contributed by atoms with Gasteiger partial charge in [-0.1, -0.05) is 61.9 Å². The molecule has 1 spiro atoms. The maximum absolute atomic E-state index is 14.8. The summed E-state index contributed by atoms with van der Waals surface area (Å²) in [5, 5.41) is 10.9. The zero-order chi connectivity index (χ0) is 32.1. The molecule has 2 saturated heterocycles. The second-order valence-electron chi connectivity index (χ2n) is 12.1. The van der Waals surface area contributed by atoms with Gasteiger partial charge in [0.05, 0.1) is 47.4 Å². The fraction of sp³-hybridized carbons (Fsp3) is 0.457. The van der Waals surface area contributed by atoms with E-state index in [2.05, 4.69) is 0 Å². The van der Waals surface area contributed by atoms with Crippen LogP contribution in [0, 0.1) is 18.8 Å². The standard InChI is InChI=1S/C35H40ClN3O6/c1-5-23(21-40)39-30-33(43)38(29-22(4)11-8-12-26(29)36)20-10-18-35(30)28(32(39)42)27-31(41)37(19-9-17-34(27,6-2)45-35)24-13-15-25(16-14-24)44-7-3/h8-18,23,27-28,30,40H,5-7,19-21H2,1-4H3/t23-,27-,28-,30?,34+,35-/m0/s1. The summed E-state index contributed by atoms with van der Waals surface area (Å²) in [7, 11) is 0. The number of benzene rings is 2. The number of anilines is 2. The fourth-order valence-corrected chi connectivity index (χ4v) is 8.12. The Morgan fingerprint density at radius 1 is 0.956 bits per heavy atom. The molecule has 0 radical (unpaired) electrons. The highest BCUT2D eigenvalue weighted by Gasteiger charge is 2.76. The quantitative estimate of drug-likeness (QED) is 0.424. The van der Waals surface area contributed by atoms with Crippen LogP contribution in [0.4, 0.5) is 11.4 Å². The van der Waals surface area contributed by atoms with E-state index in [1.54, 1.807) is 15.9 Å². The van der Waals surface area contributed by atoms with E-state index in [0.29, 0.717) is 48.1 Å². The molecule has 45 heavy (non-hydrogen) atoms. The molecule has 9 nitrogen and oxygen atoms in total. The molecule has 3 amide bonds. The first-order valence-corrected chi connectivity index (χ1v) is 16.1. The maximum atomic E-state index is 14.8. The van der Waals surface area contributed by atoms with E-state index in [1.807, 2.05) is 88.4 Å². The van der Waals surface area contributed by atoms with Gasteiger partial charge in [0.1, 0.15) is 17.4 Å². The first-order valence-electron chi connectivity index (χ1n) is 15.8. The molecule has 0 aliphatic carbocycles. The van der Waals surface area contributed by atoms with Crippen LogP contribution in [0.3, 0.4) is 0 Å². The summed E-state index contributed by atoms with van der Waals surface area (Å²) in [6, 6.07) is 11.0. The molecule has 2 aromatic carbocycles. The van der Waals surface area contributed by atoms with Crippen molar-refractivity contribution < 1.29 is 29.0 Å². The molecule has 6 rings (SSSR count). The predicted molar refractivity (Wildman–Crippen MR) is 172 cm³/mol. The van der Waals surface area contributed by atoms with E-state index in [9.17, 15) is 19.5 Å². The van der Waals surface area contributed by atoms with Crippen molar-refractivity contribution >= 4 is 40.7 Å². The Morgan fingerprint density at radius 3 is 2.31 bits per heavy atom. The van der Waals surface area contributed by atoms with Gasteiger partial charge < -0.3 is 29.3 Å². The number of hydrogen-bond acceptors (Lipinski definition) is 6. The summed E-state index contributed by atoms with van der Waals surface area (Å²) in [6.45, 7) is 8.31. The smallest absolute Gasteiger partial charge is 0.253 e. The molecule has 6 atom stereocenters. The summed E-state index contributed by atoms with van der Waals surface area (Å²) >= 11 is 6.66. The van der Waals surface area contributed by atoms with E-state index in [0.717, 1.165) is 5.56 Å². The first kappa shape index (κ1) is 31.3. The molecule has 0 bridgehead atoms. The van der Waals surface area contributed by atoms with Crippen LogP contribution in [0.25, 0.3) is 0 Å². The van der Waals surface area contributed by atoms with E-state index >= 15 is 0 Å². The lowest BCUT2D eigenvalue weighted by Crippen LogP contribution is -2.59. The topological polar surface area (TPSA) is 99.6 Å². The van der Waals surface area contributed by atoms with E-state index in [4.69, 9.17) is 21.1 Å². The zero-order valence-corrected chi connectivity index (χ0v) is 26.9. The van der Waals surface area contributed by atoms with E-state index in [1.165, 1.54) is 4.90 Å².